The lowest BCUT2D eigenvalue weighted by Crippen LogP contribution is -2.18. The molecule has 0 radical (unpaired) electrons. The Morgan fingerprint density at radius 1 is 1.35 bits per heavy atom. The van der Waals surface area contributed by atoms with Crippen LogP contribution in [0.2, 0.25) is 0 Å². The first-order valence-corrected chi connectivity index (χ1v) is 8.22. The lowest BCUT2D eigenvalue weighted by molar-refractivity contribution is 0.296. The van der Waals surface area contributed by atoms with Crippen molar-refractivity contribution in [1.82, 2.24) is 19.3 Å². The van der Waals surface area contributed by atoms with Crippen LogP contribution in [-0.4, -0.2) is 19.3 Å². The molecule has 2 heterocycles. The summed E-state index contributed by atoms with van der Waals surface area (Å²) >= 11 is 5.56. The molecule has 2 aliphatic rings. The number of nitrogens with zero attached hydrogens (tertiary/aromatic N) is 3. The summed E-state index contributed by atoms with van der Waals surface area (Å²) in [5.41, 5.74) is 3.44. The normalized spacial score (nSPS) is 28.8. The van der Waals surface area contributed by atoms with Gasteiger partial charge in [-0.15, -0.1) is 0 Å². The van der Waals surface area contributed by atoms with E-state index >= 15 is 0 Å². The average molecular weight is 290 g/mol. The molecule has 2 aliphatic carbocycles. The molecule has 0 aromatic carbocycles. The van der Waals surface area contributed by atoms with E-state index in [0.29, 0.717) is 0 Å². The Bertz CT molecular complexity index is 707. The molecule has 2 aromatic rings. The first-order chi connectivity index (χ1) is 9.67. The van der Waals surface area contributed by atoms with Gasteiger partial charge in [-0.2, -0.15) is 5.10 Å². The first-order valence-electron chi connectivity index (χ1n) is 7.81. The molecule has 0 spiro atoms. The van der Waals surface area contributed by atoms with Gasteiger partial charge >= 0.3 is 0 Å². The number of fused-ring (bicyclic) bond motifs is 3. The van der Waals surface area contributed by atoms with Crippen molar-refractivity contribution in [3.05, 3.63) is 10.5 Å². The number of aromatic amines is 1. The molecule has 4 nitrogen and oxygen atoms in total. The molecule has 3 unspecified atom stereocenters. The molecule has 1 N–H and O–H groups in total. The molecule has 5 heteroatoms. The summed E-state index contributed by atoms with van der Waals surface area (Å²) in [6.45, 7) is 3.22. The van der Waals surface area contributed by atoms with Gasteiger partial charge in [-0.25, -0.2) is 0 Å². The van der Waals surface area contributed by atoms with E-state index in [4.69, 9.17) is 12.2 Å². The number of imidazole rings is 1. The van der Waals surface area contributed by atoms with E-state index in [2.05, 4.69) is 21.6 Å². The highest BCUT2D eigenvalue weighted by molar-refractivity contribution is 7.71. The van der Waals surface area contributed by atoms with Crippen LogP contribution in [0.4, 0.5) is 0 Å². The van der Waals surface area contributed by atoms with Crippen LogP contribution in [0.1, 0.15) is 38.3 Å². The van der Waals surface area contributed by atoms with Crippen LogP contribution < -0.4 is 0 Å². The Morgan fingerprint density at radius 3 is 2.85 bits per heavy atom. The maximum atomic E-state index is 5.56. The van der Waals surface area contributed by atoms with Crippen molar-refractivity contribution in [2.45, 2.75) is 45.6 Å². The number of rotatable bonds is 3. The fourth-order valence-corrected chi connectivity index (χ4v) is 4.79. The van der Waals surface area contributed by atoms with Crippen molar-refractivity contribution in [3.63, 3.8) is 0 Å². The fraction of sp³-hybridized carbons (Fsp3) is 0.733. The Balaban J connectivity index is 1.74. The lowest BCUT2D eigenvalue weighted by Gasteiger charge is -2.22. The molecular formula is C15H22N4S. The molecule has 108 valence electrons. The monoisotopic (exact) mass is 290 g/mol. The molecule has 20 heavy (non-hydrogen) atoms. The summed E-state index contributed by atoms with van der Waals surface area (Å²) in [6, 6.07) is 0. The zero-order valence-corrected chi connectivity index (χ0v) is 13.0. The van der Waals surface area contributed by atoms with Gasteiger partial charge in [0.05, 0.1) is 5.69 Å². The van der Waals surface area contributed by atoms with E-state index in [1.165, 1.54) is 31.3 Å². The molecule has 2 fully saturated rings. The maximum absolute atomic E-state index is 5.56. The van der Waals surface area contributed by atoms with Gasteiger partial charge in [-0.1, -0.05) is 13.3 Å². The van der Waals surface area contributed by atoms with Crippen molar-refractivity contribution in [2.75, 3.05) is 0 Å². The molecule has 0 aliphatic heterocycles. The Kier molecular flexibility index (Phi) is 2.81. The van der Waals surface area contributed by atoms with Gasteiger partial charge in [0.2, 0.25) is 0 Å². The van der Waals surface area contributed by atoms with E-state index in [0.717, 1.165) is 46.7 Å². The largest absolute Gasteiger partial charge is 0.328 e. The van der Waals surface area contributed by atoms with Gasteiger partial charge in [0.15, 0.2) is 10.4 Å². The molecular weight excluding hydrogens is 268 g/mol. The van der Waals surface area contributed by atoms with Crippen LogP contribution in [0.25, 0.3) is 11.2 Å². The predicted molar refractivity (Wildman–Crippen MR) is 82.2 cm³/mol. The van der Waals surface area contributed by atoms with Crippen molar-refractivity contribution >= 4 is 23.4 Å². The predicted octanol–water partition coefficient (Wildman–Crippen LogP) is 3.43. The van der Waals surface area contributed by atoms with Crippen molar-refractivity contribution in [3.8, 4) is 0 Å². The zero-order chi connectivity index (χ0) is 13.9. The van der Waals surface area contributed by atoms with Crippen LogP contribution in [-0.2, 0) is 20.0 Å². The molecule has 4 rings (SSSR count). The summed E-state index contributed by atoms with van der Waals surface area (Å²) in [5, 5.41) is 4.61. The van der Waals surface area contributed by atoms with Crippen molar-refractivity contribution in [2.24, 2.45) is 24.8 Å². The first kappa shape index (κ1) is 12.6. The molecule has 2 bridgehead atoms. The maximum Gasteiger partial charge on any atom is 0.179 e. The van der Waals surface area contributed by atoms with Gasteiger partial charge in [0.1, 0.15) is 5.52 Å². The second-order valence-corrected chi connectivity index (χ2v) is 6.98. The van der Waals surface area contributed by atoms with Gasteiger partial charge in [0.25, 0.3) is 0 Å². The minimum atomic E-state index is 0.819. The van der Waals surface area contributed by atoms with E-state index in [9.17, 15) is 0 Å². The molecule has 3 atom stereocenters. The number of hydrogen-bond donors (Lipinski definition) is 1. The van der Waals surface area contributed by atoms with Crippen LogP contribution >= 0.6 is 12.2 Å². The number of hydrogen-bond acceptors (Lipinski definition) is 2. The van der Waals surface area contributed by atoms with Crippen molar-refractivity contribution < 1.29 is 0 Å². The Labute approximate surface area is 124 Å². The molecule has 2 aromatic heterocycles. The fourth-order valence-electron chi connectivity index (χ4n) is 4.53. The second kappa shape index (κ2) is 4.45. The van der Waals surface area contributed by atoms with Gasteiger partial charge in [-0.05, 0) is 55.7 Å². The highest BCUT2D eigenvalue weighted by Crippen LogP contribution is 2.49. The third-order valence-electron chi connectivity index (χ3n) is 5.46. The minimum Gasteiger partial charge on any atom is -0.328 e. The quantitative estimate of drug-likeness (QED) is 0.880. The molecule has 0 saturated heterocycles. The number of aryl methyl sites for hydroxylation is 2. The lowest BCUT2D eigenvalue weighted by atomic mass is 9.89. The number of H-pyrrole nitrogens is 1. The minimum absolute atomic E-state index is 0.819. The Morgan fingerprint density at radius 2 is 2.20 bits per heavy atom. The van der Waals surface area contributed by atoms with E-state index < -0.39 is 0 Å². The van der Waals surface area contributed by atoms with Crippen LogP contribution in [0, 0.1) is 22.5 Å². The van der Waals surface area contributed by atoms with Crippen LogP contribution in [0.15, 0.2) is 0 Å². The summed E-state index contributed by atoms with van der Waals surface area (Å²) in [5.74, 6) is 2.75. The standard InChI is InChI=1S/C15H22N4S/c1-3-12-13-14(18(2)17-12)19(15(20)16-13)8-11-7-9-4-5-10(11)6-9/h9-11H,3-8H2,1-2H3,(H,16,20). The highest BCUT2D eigenvalue weighted by atomic mass is 32.1. The molecule has 0 amide bonds. The zero-order valence-electron chi connectivity index (χ0n) is 12.2. The summed E-state index contributed by atoms with van der Waals surface area (Å²) in [6.07, 6.45) is 6.69. The average Bonchev–Trinajstić information content (AvgIpc) is 3.15. The summed E-state index contributed by atoms with van der Waals surface area (Å²) < 4.78 is 5.15. The van der Waals surface area contributed by atoms with E-state index in [1.54, 1.807) is 0 Å². The third-order valence-corrected chi connectivity index (χ3v) is 5.78. The van der Waals surface area contributed by atoms with Gasteiger partial charge < -0.3 is 9.55 Å². The summed E-state index contributed by atoms with van der Waals surface area (Å²) in [7, 11) is 2.03. The van der Waals surface area contributed by atoms with E-state index in [1.807, 2.05) is 11.7 Å². The highest BCUT2D eigenvalue weighted by Gasteiger charge is 2.39. The van der Waals surface area contributed by atoms with Crippen LogP contribution in [0.5, 0.6) is 0 Å². The van der Waals surface area contributed by atoms with Gasteiger partial charge in [-0.3, -0.25) is 4.68 Å². The third kappa shape index (κ3) is 1.72. The molecule has 2 saturated carbocycles. The number of aromatic nitrogens is 4. The van der Waals surface area contributed by atoms with Crippen molar-refractivity contribution in [1.29, 1.82) is 0 Å². The van der Waals surface area contributed by atoms with Crippen LogP contribution in [0.3, 0.4) is 0 Å². The number of nitrogens with one attached hydrogen (secondary N) is 1. The SMILES string of the molecule is CCc1nn(C)c2c1[nH]c(=S)n2CC1CC2CCC1C2. The second-order valence-electron chi connectivity index (χ2n) is 6.60. The Hall–Kier alpha value is -1.10. The topological polar surface area (TPSA) is 38.5 Å². The van der Waals surface area contributed by atoms with Gasteiger partial charge in [0, 0.05) is 13.6 Å². The van der Waals surface area contributed by atoms with E-state index in [-0.39, 0.29) is 0 Å². The summed E-state index contributed by atoms with van der Waals surface area (Å²) in [4.78, 5) is 3.38. The smallest absolute Gasteiger partial charge is 0.179 e.